The van der Waals surface area contributed by atoms with Gasteiger partial charge in [-0.1, -0.05) is 6.92 Å². The Balaban J connectivity index is 1.96. The van der Waals surface area contributed by atoms with Gasteiger partial charge in [-0.15, -0.1) is 0 Å². The highest BCUT2D eigenvalue weighted by Crippen LogP contribution is 2.32. The quantitative estimate of drug-likeness (QED) is 0.855. The van der Waals surface area contributed by atoms with Crippen molar-refractivity contribution in [3.8, 4) is 0 Å². The molecule has 0 aliphatic heterocycles. The second kappa shape index (κ2) is 6.28. The summed E-state index contributed by atoms with van der Waals surface area (Å²) >= 11 is 0. The number of carbonyl (C=O) groups excluding carboxylic acids is 1. The number of hydrogen-bond acceptors (Lipinski definition) is 4. The minimum atomic E-state index is -0.0773. The van der Waals surface area contributed by atoms with Gasteiger partial charge in [-0.3, -0.25) is 4.79 Å². The lowest BCUT2D eigenvalue weighted by Crippen LogP contribution is -2.41. The Morgan fingerprint density at radius 3 is 2.87 bits per heavy atom. The van der Waals surface area contributed by atoms with E-state index in [2.05, 4.69) is 29.2 Å². The summed E-state index contributed by atoms with van der Waals surface area (Å²) in [6, 6.07) is 2.15. The van der Waals surface area contributed by atoms with Gasteiger partial charge in [0.2, 0.25) is 0 Å². The number of nitrogens with two attached hydrogens (primary N) is 1. The molecule has 2 aromatic heterocycles. The van der Waals surface area contributed by atoms with Gasteiger partial charge in [-0.2, -0.15) is 5.10 Å². The van der Waals surface area contributed by atoms with Crippen LogP contribution >= 0.6 is 0 Å². The van der Waals surface area contributed by atoms with Gasteiger partial charge in [0.25, 0.3) is 5.91 Å². The van der Waals surface area contributed by atoms with E-state index in [4.69, 9.17) is 5.73 Å². The van der Waals surface area contributed by atoms with E-state index >= 15 is 0 Å². The highest BCUT2D eigenvalue weighted by Gasteiger charge is 2.32. The molecule has 1 aliphatic rings. The van der Waals surface area contributed by atoms with Crippen molar-refractivity contribution in [3.63, 3.8) is 0 Å². The van der Waals surface area contributed by atoms with Crippen molar-refractivity contribution in [1.82, 2.24) is 20.1 Å². The van der Waals surface area contributed by atoms with Crippen LogP contribution in [0.25, 0.3) is 11.0 Å². The minimum Gasteiger partial charge on any atom is -0.348 e. The van der Waals surface area contributed by atoms with Gasteiger partial charge in [-0.25, -0.2) is 9.67 Å². The number of nitrogens with zero attached hydrogens (tertiary/aromatic N) is 3. The summed E-state index contributed by atoms with van der Waals surface area (Å²) in [5, 5.41) is 8.34. The standard InChI is InChI=1S/C17H25N5O/c1-4-11(3)22-16-14(9-19-22)13(7-10(2)20-16)17(23)21-15(8-18)12-5-6-12/h7,9,11-12,15H,4-6,8,18H2,1-3H3,(H,21,23). The van der Waals surface area contributed by atoms with Crippen LogP contribution in [-0.2, 0) is 0 Å². The van der Waals surface area contributed by atoms with Crippen LogP contribution < -0.4 is 11.1 Å². The van der Waals surface area contributed by atoms with Gasteiger partial charge in [0, 0.05) is 18.3 Å². The molecule has 3 N–H and O–H groups in total. The Labute approximate surface area is 136 Å². The number of aryl methyl sites for hydroxylation is 1. The maximum absolute atomic E-state index is 12.7. The fourth-order valence-corrected chi connectivity index (χ4v) is 2.94. The molecule has 1 fully saturated rings. The molecule has 0 aromatic carbocycles. The zero-order valence-electron chi connectivity index (χ0n) is 14.0. The molecule has 1 aliphatic carbocycles. The smallest absolute Gasteiger partial charge is 0.252 e. The number of aromatic nitrogens is 3. The minimum absolute atomic E-state index is 0.0654. The molecule has 0 bridgehead atoms. The molecule has 2 atom stereocenters. The molecule has 6 heteroatoms. The van der Waals surface area contributed by atoms with Gasteiger partial charge in [0.1, 0.15) is 0 Å². The Bertz CT molecular complexity index is 719. The molecule has 2 aromatic rings. The normalized spacial score (nSPS) is 17.2. The van der Waals surface area contributed by atoms with Crippen molar-refractivity contribution in [2.24, 2.45) is 11.7 Å². The Morgan fingerprint density at radius 1 is 1.52 bits per heavy atom. The monoisotopic (exact) mass is 315 g/mol. The predicted octanol–water partition coefficient (Wildman–Crippen LogP) is 2.18. The molecule has 2 unspecified atom stereocenters. The van der Waals surface area contributed by atoms with Gasteiger partial charge >= 0.3 is 0 Å². The van der Waals surface area contributed by atoms with E-state index in [9.17, 15) is 4.79 Å². The van der Waals surface area contributed by atoms with E-state index in [0.29, 0.717) is 18.0 Å². The largest absolute Gasteiger partial charge is 0.348 e. The molecular weight excluding hydrogens is 290 g/mol. The number of rotatable bonds is 6. The van der Waals surface area contributed by atoms with Gasteiger partial charge in [-0.05, 0) is 45.1 Å². The molecule has 124 valence electrons. The number of nitrogens with one attached hydrogen (secondary N) is 1. The van der Waals surface area contributed by atoms with Gasteiger partial charge in [0.05, 0.1) is 23.2 Å². The van der Waals surface area contributed by atoms with E-state index < -0.39 is 0 Å². The summed E-state index contributed by atoms with van der Waals surface area (Å²) in [6.07, 6.45) is 5.01. The van der Waals surface area contributed by atoms with E-state index in [1.807, 2.05) is 17.7 Å². The molecule has 0 radical (unpaired) electrons. The van der Waals surface area contributed by atoms with Crippen LogP contribution in [0.15, 0.2) is 12.3 Å². The van der Waals surface area contributed by atoms with E-state index in [-0.39, 0.29) is 18.0 Å². The first kappa shape index (κ1) is 15.9. The van der Waals surface area contributed by atoms with Crippen molar-refractivity contribution in [3.05, 3.63) is 23.5 Å². The molecule has 0 spiro atoms. The predicted molar refractivity (Wildman–Crippen MR) is 90.3 cm³/mol. The summed E-state index contributed by atoms with van der Waals surface area (Å²) in [5.74, 6) is 0.455. The lowest BCUT2D eigenvalue weighted by Gasteiger charge is -2.16. The SMILES string of the molecule is CCC(C)n1ncc2c(C(=O)NC(CN)C3CC3)cc(C)nc21. The first-order valence-electron chi connectivity index (χ1n) is 8.41. The maximum Gasteiger partial charge on any atom is 0.252 e. The van der Waals surface area contributed by atoms with E-state index in [0.717, 1.165) is 36.0 Å². The van der Waals surface area contributed by atoms with E-state index in [1.54, 1.807) is 6.20 Å². The number of amides is 1. The average Bonchev–Trinajstić information content (AvgIpc) is 3.30. The molecular formula is C17H25N5O. The van der Waals surface area contributed by atoms with Crippen molar-refractivity contribution >= 4 is 16.9 Å². The molecule has 23 heavy (non-hydrogen) atoms. The van der Waals surface area contributed by atoms with Crippen molar-refractivity contribution in [2.45, 2.75) is 52.1 Å². The Kier molecular flexibility index (Phi) is 4.35. The van der Waals surface area contributed by atoms with Crippen LogP contribution in [0.2, 0.25) is 0 Å². The number of hydrogen-bond donors (Lipinski definition) is 2. The van der Waals surface area contributed by atoms with Crippen LogP contribution in [0.1, 0.15) is 55.2 Å². The topological polar surface area (TPSA) is 85.8 Å². The highest BCUT2D eigenvalue weighted by molar-refractivity contribution is 6.05. The van der Waals surface area contributed by atoms with Crippen LogP contribution in [0, 0.1) is 12.8 Å². The molecule has 3 rings (SSSR count). The molecule has 6 nitrogen and oxygen atoms in total. The Morgan fingerprint density at radius 2 is 2.26 bits per heavy atom. The molecule has 1 amide bonds. The summed E-state index contributed by atoms with van der Waals surface area (Å²) in [7, 11) is 0. The van der Waals surface area contributed by atoms with Crippen LogP contribution in [0.5, 0.6) is 0 Å². The number of pyridine rings is 1. The molecule has 0 saturated heterocycles. The van der Waals surface area contributed by atoms with Crippen LogP contribution in [0.3, 0.4) is 0 Å². The third kappa shape index (κ3) is 3.08. The third-order valence-corrected chi connectivity index (χ3v) is 4.71. The lowest BCUT2D eigenvalue weighted by atomic mass is 10.1. The lowest BCUT2D eigenvalue weighted by molar-refractivity contribution is 0.0935. The fraction of sp³-hybridized carbons (Fsp3) is 0.588. The third-order valence-electron chi connectivity index (χ3n) is 4.71. The van der Waals surface area contributed by atoms with Crippen LogP contribution in [-0.4, -0.2) is 33.3 Å². The summed E-state index contributed by atoms with van der Waals surface area (Å²) in [6.45, 7) is 6.61. The van der Waals surface area contributed by atoms with Gasteiger partial charge < -0.3 is 11.1 Å². The average molecular weight is 315 g/mol. The summed E-state index contributed by atoms with van der Waals surface area (Å²) in [5.41, 5.74) is 8.04. The summed E-state index contributed by atoms with van der Waals surface area (Å²) < 4.78 is 1.90. The second-order valence-corrected chi connectivity index (χ2v) is 6.55. The first-order chi connectivity index (χ1) is 11.0. The zero-order chi connectivity index (χ0) is 16.6. The first-order valence-corrected chi connectivity index (χ1v) is 8.41. The fourth-order valence-electron chi connectivity index (χ4n) is 2.94. The second-order valence-electron chi connectivity index (χ2n) is 6.55. The zero-order valence-corrected chi connectivity index (χ0v) is 14.0. The number of carbonyl (C=O) groups is 1. The van der Waals surface area contributed by atoms with E-state index in [1.165, 1.54) is 0 Å². The number of fused-ring (bicyclic) bond motifs is 1. The van der Waals surface area contributed by atoms with Crippen LogP contribution in [0.4, 0.5) is 0 Å². The van der Waals surface area contributed by atoms with Crippen molar-refractivity contribution < 1.29 is 4.79 Å². The molecule has 2 heterocycles. The van der Waals surface area contributed by atoms with Gasteiger partial charge in [0.15, 0.2) is 5.65 Å². The van der Waals surface area contributed by atoms with Crippen molar-refractivity contribution in [2.75, 3.05) is 6.54 Å². The Hall–Kier alpha value is -1.95. The molecule has 1 saturated carbocycles. The summed E-state index contributed by atoms with van der Waals surface area (Å²) in [4.78, 5) is 17.3. The van der Waals surface area contributed by atoms with Crippen molar-refractivity contribution in [1.29, 1.82) is 0 Å². The maximum atomic E-state index is 12.7. The highest BCUT2D eigenvalue weighted by atomic mass is 16.1.